The van der Waals surface area contributed by atoms with Crippen LogP contribution in [0, 0.1) is 6.92 Å². The van der Waals surface area contributed by atoms with Gasteiger partial charge in [-0.1, -0.05) is 55.3 Å². The van der Waals surface area contributed by atoms with Crippen LogP contribution in [0.15, 0.2) is 53.5 Å². The lowest BCUT2D eigenvalue weighted by Gasteiger charge is -2.09. The van der Waals surface area contributed by atoms with Crippen LogP contribution >= 0.6 is 11.3 Å². The van der Waals surface area contributed by atoms with Gasteiger partial charge in [-0.25, -0.2) is 0 Å². The molecule has 28 heavy (non-hydrogen) atoms. The molecule has 3 aromatic rings. The van der Waals surface area contributed by atoms with Crippen LogP contribution in [0.1, 0.15) is 41.1 Å². The summed E-state index contributed by atoms with van der Waals surface area (Å²) in [4.78, 5) is 19.3. The third-order valence-corrected chi connectivity index (χ3v) is 5.77. The minimum atomic E-state index is -0.278. The SMILES string of the molecule is CCCc1sc(=NC(=O)c2ccccc2OC)n(CC)c1-c1ccc(C)cc1. The average molecular weight is 395 g/mol. The van der Waals surface area contributed by atoms with Gasteiger partial charge < -0.3 is 9.30 Å². The van der Waals surface area contributed by atoms with Crippen LogP contribution in [0.2, 0.25) is 0 Å². The molecule has 2 aromatic carbocycles. The van der Waals surface area contributed by atoms with Gasteiger partial charge in [0.2, 0.25) is 0 Å². The van der Waals surface area contributed by atoms with Crippen molar-refractivity contribution in [2.24, 2.45) is 4.99 Å². The molecule has 0 radical (unpaired) electrons. The monoisotopic (exact) mass is 394 g/mol. The number of carbonyl (C=O) groups excluding carboxylic acids is 1. The third-order valence-electron chi connectivity index (χ3n) is 4.63. The zero-order chi connectivity index (χ0) is 20.1. The number of amides is 1. The van der Waals surface area contributed by atoms with Crippen LogP contribution in [-0.2, 0) is 13.0 Å². The van der Waals surface area contributed by atoms with E-state index >= 15 is 0 Å². The molecule has 0 aliphatic carbocycles. The van der Waals surface area contributed by atoms with Gasteiger partial charge in [-0.2, -0.15) is 4.99 Å². The van der Waals surface area contributed by atoms with Gasteiger partial charge in [0, 0.05) is 11.4 Å². The fourth-order valence-corrected chi connectivity index (χ4v) is 4.54. The van der Waals surface area contributed by atoms with Crippen molar-refractivity contribution in [2.75, 3.05) is 7.11 Å². The van der Waals surface area contributed by atoms with Crippen LogP contribution in [-0.4, -0.2) is 17.6 Å². The molecule has 0 N–H and O–H groups in total. The largest absolute Gasteiger partial charge is 0.496 e. The van der Waals surface area contributed by atoms with Gasteiger partial charge in [-0.15, -0.1) is 11.3 Å². The molecule has 0 saturated carbocycles. The van der Waals surface area contributed by atoms with E-state index in [4.69, 9.17) is 4.74 Å². The number of benzene rings is 2. The summed E-state index contributed by atoms with van der Waals surface area (Å²) in [5.74, 6) is 0.266. The van der Waals surface area contributed by atoms with Gasteiger partial charge >= 0.3 is 0 Å². The number of thiazole rings is 1. The van der Waals surface area contributed by atoms with Crippen LogP contribution in [0.4, 0.5) is 0 Å². The summed E-state index contributed by atoms with van der Waals surface area (Å²) in [6.07, 6.45) is 2.01. The first-order chi connectivity index (χ1) is 13.6. The number of methoxy groups -OCH3 is 1. The molecule has 0 saturated heterocycles. The molecule has 0 aliphatic heterocycles. The van der Waals surface area contributed by atoms with Crippen molar-refractivity contribution in [3.8, 4) is 17.0 Å². The Morgan fingerprint density at radius 2 is 1.82 bits per heavy atom. The molecule has 0 unspecified atom stereocenters. The van der Waals surface area contributed by atoms with E-state index in [9.17, 15) is 4.79 Å². The Kier molecular flexibility index (Phi) is 6.47. The first-order valence-corrected chi connectivity index (χ1v) is 10.4. The Labute approximate surface area is 170 Å². The lowest BCUT2D eigenvalue weighted by molar-refractivity contribution is 0.0995. The highest BCUT2D eigenvalue weighted by Gasteiger charge is 2.16. The molecular weight excluding hydrogens is 368 g/mol. The molecular formula is C23H26N2O2S. The Balaban J connectivity index is 2.16. The standard InChI is InChI=1S/C23H26N2O2S/c1-5-9-20-21(17-14-12-16(3)13-15-17)25(6-2)23(28-20)24-22(26)18-10-7-8-11-19(18)27-4/h7-8,10-15H,5-6,9H2,1-4H3. The van der Waals surface area contributed by atoms with Gasteiger partial charge in [0.15, 0.2) is 4.80 Å². The van der Waals surface area contributed by atoms with Crippen molar-refractivity contribution < 1.29 is 9.53 Å². The highest BCUT2D eigenvalue weighted by molar-refractivity contribution is 7.09. The van der Waals surface area contributed by atoms with Crippen molar-refractivity contribution in [1.29, 1.82) is 0 Å². The maximum absolute atomic E-state index is 12.9. The minimum Gasteiger partial charge on any atom is -0.496 e. The predicted molar refractivity (Wildman–Crippen MR) is 115 cm³/mol. The number of aryl methyl sites for hydroxylation is 2. The van der Waals surface area contributed by atoms with Crippen LogP contribution < -0.4 is 9.54 Å². The molecule has 0 aliphatic rings. The summed E-state index contributed by atoms with van der Waals surface area (Å²) in [7, 11) is 1.57. The van der Waals surface area contributed by atoms with Crippen LogP contribution in [0.25, 0.3) is 11.3 Å². The maximum Gasteiger partial charge on any atom is 0.283 e. The van der Waals surface area contributed by atoms with E-state index in [0.29, 0.717) is 11.3 Å². The molecule has 4 nitrogen and oxygen atoms in total. The maximum atomic E-state index is 12.9. The second kappa shape index (κ2) is 9.02. The molecule has 5 heteroatoms. The zero-order valence-electron chi connectivity index (χ0n) is 16.9. The third kappa shape index (κ3) is 4.09. The van der Waals surface area contributed by atoms with Crippen molar-refractivity contribution in [3.63, 3.8) is 0 Å². The highest BCUT2D eigenvalue weighted by Crippen LogP contribution is 2.28. The van der Waals surface area contributed by atoms with Gasteiger partial charge in [-0.3, -0.25) is 4.79 Å². The summed E-state index contributed by atoms with van der Waals surface area (Å²) in [6, 6.07) is 15.8. The van der Waals surface area contributed by atoms with Crippen molar-refractivity contribution >= 4 is 17.2 Å². The van der Waals surface area contributed by atoms with E-state index in [0.717, 1.165) is 24.2 Å². The number of para-hydroxylation sites is 1. The van der Waals surface area contributed by atoms with Crippen molar-refractivity contribution in [1.82, 2.24) is 4.57 Å². The number of nitrogens with zero attached hydrogens (tertiary/aromatic N) is 2. The number of hydrogen-bond donors (Lipinski definition) is 0. The molecule has 1 aromatic heterocycles. The topological polar surface area (TPSA) is 43.6 Å². The molecule has 0 spiro atoms. The smallest absolute Gasteiger partial charge is 0.283 e. The van der Waals surface area contributed by atoms with E-state index in [1.54, 1.807) is 30.6 Å². The lowest BCUT2D eigenvalue weighted by atomic mass is 10.1. The Bertz CT molecular complexity index is 1030. The van der Waals surface area contributed by atoms with Gasteiger partial charge in [0.25, 0.3) is 5.91 Å². The summed E-state index contributed by atoms with van der Waals surface area (Å²) >= 11 is 1.61. The summed E-state index contributed by atoms with van der Waals surface area (Å²) in [5, 5.41) is 0. The number of ether oxygens (including phenoxy) is 1. The molecule has 0 bridgehead atoms. The second-order valence-electron chi connectivity index (χ2n) is 6.63. The van der Waals surface area contributed by atoms with E-state index in [1.165, 1.54) is 21.7 Å². The highest BCUT2D eigenvalue weighted by atomic mass is 32.1. The summed E-state index contributed by atoms with van der Waals surface area (Å²) in [5.41, 5.74) is 4.05. The molecule has 0 atom stereocenters. The summed E-state index contributed by atoms with van der Waals surface area (Å²) in [6.45, 7) is 7.10. The van der Waals surface area contributed by atoms with Gasteiger partial charge in [-0.05, 0) is 38.0 Å². The predicted octanol–water partition coefficient (Wildman–Crippen LogP) is 5.25. The first-order valence-electron chi connectivity index (χ1n) is 9.60. The minimum absolute atomic E-state index is 0.278. The lowest BCUT2D eigenvalue weighted by Crippen LogP contribution is -2.17. The van der Waals surface area contributed by atoms with Gasteiger partial charge in [0.1, 0.15) is 5.75 Å². The molecule has 0 fully saturated rings. The average Bonchev–Trinajstić information content (AvgIpc) is 3.05. The molecule has 3 rings (SSSR count). The Morgan fingerprint density at radius 3 is 2.46 bits per heavy atom. The zero-order valence-corrected chi connectivity index (χ0v) is 17.7. The Hall–Kier alpha value is -2.66. The molecule has 1 heterocycles. The van der Waals surface area contributed by atoms with Gasteiger partial charge in [0.05, 0.1) is 18.4 Å². The van der Waals surface area contributed by atoms with E-state index in [-0.39, 0.29) is 5.91 Å². The van der Waals surface area contributed by atoms with E-state index in [2.05, 4.69) is 54.6 Å². The van der Waals surface area contributed by atoms with E-state index in [1.807, 2.05) is 12.1 Å². The second-order valence-corrected chi connectivity index (χ2v) is 7.70. The number of aromatic nitrogens is 1. The van der Waals surface area contributed by atoms with Crippen molar-refractivity contribution in [3.05, 3.63) is 69.3 Å². The van der Waals surface area contributed by atoms with E-state index < -0.39 is 0 Å². The quantitative estimate of drug-likeness (QED) is 0.573. The Morgan fingerprint density at radius 1 is 1.11 bits per heavy atom. The normalized spacial score (nSPS) is 11.6. The summed E-state index contributed by atoms with van der Waals surface area (Å²) < 4.78 is 7.47. The van der Waals surface area contributed by atoms with Crippen molar-refractivity contribution in [2.45, 2.75) is 40.2 Å². The first kappa shape index (κ1) is 20.1. The number of carbonyl (C=O) groups is 1. The number of rotatable bonds is 6. The fourth-order valence-electron chi connectivity index (χ4n) is 3.23. The van der Waals surface area contributed by atoms with Crippen LogP contribution in [0.3, 0.4) is 0 Å². The number of hydrogen-bond acceptors (Lipinski definition) is 3. The van der Waals surface area contributed by atoms with Crippen LogP contribution in [0.5, 0.6) is 5.75 Å². The molecule has 1 amide bonds. The molecule has 146 valence electrons. The fraction of sp³-hybridized carbons (Fsp3) is 0.304.